The average Bonchev–Trinajstić information content (AvgIpc) is 3.28. The summed E-state index contributed by atoms with van der Waals surface area (Å²) in [6.07, 6.45) is 2.53. The number of anilines is 2. The van der Waals surface area contributed by atoms with Crippen molar-refractivity contribution in [1.29, 1.82) is 0 Å². The third-order valence-electron chi connectivity index (χ3n) is 4.78. The number of hydrogen-bond donors (Lipinski definition) is 1. The highest BCUT2D eigenvalue weighted by Gasteiger charge is 2.15. The van der Waals surface area contributed by atoms with E-state index in [9.17, 15) is 4.79 Å². The van der Waals surface area contributed by atoms with Gasteiger partial charge >= 0.3 is 0 Å². The van der Waals surface area contributed by atoms with Crippen LogP contribution in [-0.4, -0.2) is 37.0 Å². The maximum Gasteiger partial charge on any atom is 0.238 e. The molecule has 0 unspecified atom stereocenters. The third kappa shape index (κ3) is 5.00. The molecule has 0 bridgehead atoms. The molecule has 1 aliphatic heterocycles. The van der Waals surface area contributed by atoms with E-state index in [1.165, 1.54) is 23.4 Å². The van der Waals surface area contributed by atoms with Gasteiger partial charge in [-0.2, -0.15) is 0 Å². The van der Waals surface area contributed by atoms with Gasteiger partial charge in [0.05, 0.1) is 10.9 Å². The Kier molecular flexibility index (Phi) is 6.57. The Morgan fingerprint density at radius 3 is 2.65 bits per heavy atom. The molecule has 1 N–H and O–H groups in total. The van der Waals surface area contributed by atoms with E-state index in [1.54, 1.807) is 11.3 Å². The second-order valence-corrected chi connectivity index (χ2v) is 8.55. The Hall–Kier alpha value is -1.56. The summed E-state index contributed by atoms with van der Waals surface area (Å²) in [6, 6.07) is 10.2. The molecule has 1 amide bonds. The fraction of sp³-hybridized carbons (Fsp3) is 0.450. The molecule has 6 heteroatoms. The van der Waals surface area contributed by atoms with Crippen molar-refractivity contribution in [3.8, 4) is 0 Å². The lowest BCUT2D eigenvalue weighted by Gasteiger charge is -2.21. The van der Waals surface area contributed by atoms with Crippen LogP contribution in [0.4, 0.5) is 11.4 Å². The van der Waals surface area contributed by atoms with E-state index in [-0.39, 0.29) is 5.91 Å². The number of carbonyl (C=O) groups is 1. The molecule has 0 radical (unpaired) electrons. The number of amides is 1. The number of hydrogen-bond acceptors (Lipinski definition) is 4. The van der Waals surface area contributed by atoms with Crippen LogP contribution in [-0.2, 0) is 11.3 Å². The fourth-order valence-electron chi connectivity index (χ4n) is 3.29. The van der Waals surface area contributed by atoms with Gasteiger partial charge in [-0.05, 0) is 62.2 Å². The number of halogens is 1. The molecule has 3 rings (SSSR count). The van der Waals surface area contributed by atoms with E-state index in [0.29, 0.717) is 6.54 Å². The minimum absolute atomic E-state index is 0.0199. The lowest BCUT2D eigenvalue weighted by atomic mass is 10.1. The predicted molar refractivity (Wildman–Crippen MR) is 112 cm³/mol. The molecule has 1 aromatic carbocycles. The van der Waals surface area contributed by atoms with E-state index in [2.05, 4.69) is 41.1 Å². The highest BCUT2D eigenvalue weighted by atomic mass is 35.5. The zero-order chi connectivity index (χ0) is 18.5. The van der Waals surface area contributed by atoms with Gasteiger partial charge in [-0.25, -0.2) is 0 Å². The Morgan fingerprint density at radius 2 is 2.04 bits per heavy atom. The molecule has 1 aromatic heterocycles. The highest BCUT2D eigenvalue weighted by Crippen LogP contribution is 2.26. The van der Waals surface area contributed by atoms with Gasteiger partial charge in [0, 0.05) is 35.9 Å². The summed E-state index contributed by atoms with van der Waals surface area (Å²) < 4.78 is 0.786. The molecule has 1 aliphatic rings. The zero-order valence-corrected chi connectivity index (χ0v) is 17.0. The van der Waals surface area contributed by atoms with Crippen LogP contribution in [0, 0.1) is 6.92 Å². The second-order valence-electron chi connectivity index (χ2n) is 6.75. The molecule has 140 valence electrons. The summed E-state index contributed by atoms with van der Waals surface area (Å²) in [6.45, 7) is 8.31. The number of rotatable bonds is 7. The first-order valence-electron chi connectivity index (χ1n) is 9.17. The zero-order valence-electron chi connectivity index (χ0n) is 15.4. The molecule has 2 heterocycles. The van der Waals surface area contributed by atoms with E-state index in [1.807, 2.05) is 18.2 Å². The molecule has 0 spiro atoms. The first kappa shape index (κ1) is 19.2. The predicted octanol–water partition coefficient (Wildman–Crippen LogP) is 4.77. The number of benzene rings is 1. The van der Waals surface area contributed by atoms with Crippen LogP contribution in [0.15, 0.2) is 30.3 Å². The van der Waals surface area contributed by atoms with Crippen LogP contribution in [0.1, 0.15) is 30.2 Å². The maximum atomic E-state index is 12.5. The Labute approximate surface area is 164 Å². The van der Waals surface area contributed by atoms with E-state index in [4.69, 9.17) is 11.6 Å². The molecular weight excluding hydrogens is 366 g/mol. The minimum Gasteiger partial charge on any atom is -0.372 e. The van der Waals surface area contributed by atoms with Gasteiger partial charge in [0.15, 0.2) is 0 Å². The minimum atomic E-state index is 0.0199. The van der Waals surface area contributed by atoms with Crippen molar-refractivity contribution in [2.24, 2.45) is 0 Å². The summed E-state index contributed by atoms with van der Waals surface area (Å²) in [4.78, 5) is 18.2. The summed E-state index contributed by atoms with van der Waals surface area (Å²) in [5.41, 5.74) is 3.26. The van der Waals surface area contributed by atoms with Crippen molar-refractivity contribution < 1.29 is 4.79 Å². The van der Waals surface area contributed by atoms with Crippen molar-refractivity contribution >= 4 is 40.2 Å². The van der Waals surface area contributed by atoms with Crippen LogP contribution < -0.4 is 10.2 Å². The first-order valence-corrected chi connectivity index (χ1v) is 10.4. The lowest BCUT2D eigenvalue weighted by molar-refractivity contribution is -0.117. The van der Waals surface area contributed by atoms with Crippen molar-refractivity contribution in [3.63, 3.8) is 0 Å². The molecule has 4 nitrogen and oxygen atoms in total. The van der Waals surface area contributed by atoms with Gasteiger partial charge in [-0.1, -0.05) is 18.5 Å². The van der Waals surface area contributed by atoms with Gasteiger partial charge in [0.1, 0.15) is 0 Å². The Morgan fingerprint density at radius 1 is 1.27 bits per heavy atom. The summed E-state index contributed by atoms with van der Waals surface area (Å²) in [5, 5.41) is 3.06. The van der Waals surface area contributed by atoms with Crippen molar-refractivity contribution in [1.82, 2.24) is 4.90 Å². The average molecular weight is 392 g/mol. The third-order valence-corrected chi connectivity index (χ3v) is 5.99. The van der Waals surface area contributed by atoms with Crippen LogP contribution in [0.3, 0.4) is 0 Å². The SMILES string of the molecule is CCN(CC(=O)Nc1ccc(N2CCCC2)cc1C)Cc1ccc(Cl)s1. The largest absolute Gasteiger partial charge is 0.372 e. The van der Waals surface area contributed by atoms with Gasteiger partial charge in [-0.15, -0.1) is 11.3 Å². The monoisotopic (exact) mass is 391 g/mol. The molecule has 0 aliphatic carbocycles. The van der Waals surface area contributed by atoms with Crippen LogP contribution in [0.5, 0.6) is 0 Å². The number of nitrogens with zero attached hydrogens (tertiary/aromatic N) is 2. The molecule has 0 saturated carbocycles. The molecular formula is C20H26ClN3OS. The number of carbonyl (C=O) groups excluding carboxylic acids is 1. The van der Waals surface area contributed by atoms with Gasteiger partial charge < -0.3 is 10.2 Å². The van der Waals surface area contributed by atoms with E-state index >= 15 is 0 Å². The number of likely N-dealkylation sites (N-methyl/N-ethyl adjacent to an activating group) is 1. The fourth-order valence-corrected chi connectivity index (χ4v) is 4.42. The smallest absolute Gasteiger partial charge is 0.238 e. The van der Waals surface area contributed by atoms with Gasteiger partial charge in [0.25, 0.3) is 0 Å². The van der Waals surface area contributed by atoms with Crippen LogP contribution in [0.2, 0.25) is 4.34 Å². The highest BCUT2D eigenvalue weighted by molar-refractivity contribution is 7.16. The number of thiophene rings is 1. The van der Waals surface area contributed by atoms with Crippen LogP contribution in [0.25, 0.3) is 0 Å². The van der Waals surface area contributed by atoms with Crippen molar-refractivity contribution in [2.45, 2.75) is 33.2 Å². The number of nitrogens with one attached hydrogen (secondary N) is 1. The van der Waals surface area contributed by atoms with Gasteiger partial charge in [-0.3, -0.25) is 9.69 Å². The maximum absolute atomic E-state index is 12.5. The van der Waals surface area contributed by atoms with Crippen molar-refractivity contribution in [2.75, 3.05) is 36.4 Å². The lowest BCUT2D eigenvalue weighted by Crippen LogP contribution is -2.32. The Bertz CT molecular complexity index is 755. The van der Waals surface area contributed by atoms with E-state index < -0.39 is 0 Å². The molecule has 1 saturated heterocycles. The van der Waals surface area contributed by atoms with Crippen molar-refractivity contribution in [3.05, 3.63) is 45.1 Å². The normalized spacial score (nSPS) is 14.2. The van der Waals surface area contributed by atoms with Crippen LogP contribution >= 0.6 is 22.9 Å². The molecule has 26 heavy (non-hydrogen) atoms. The Balaban J connectivity index is 1.58. The summed E-state index contributed by atoms with van der Waals surface area (Å²) in [5.74, 6) is 0.0199. The summed E-state index contributed by atoms with van der Waals surface area (Å²) >= 11 is 7.56. The standard InChI is InChI=1S/C20H26ClN3OS/c1-3-23(13-17-7-9-19(21)26-17)14-20(25)22-18-8-6-16(12-15(18)2)24-10-4-5-11-24/h6-9,12H,3-5,10-11,13-14H2,1-2H3,(H,22,25). The molecule has 0 atom stereocenters. The second kappa shape index (κ2) is 8.89. The quantitative estimate of drug-likeness (QED) is 0.738. The molecule has 2 aromatic rings. The molecule has 1 fully saturated rings. The van der Waals surface area contributed by atoms with Gasteiger partial charge in [0.2, 0.25) is 5.91 Å². The topological polar surface area (TPSA) is 35.6 Å². The first-order chi connectivity index (χ1) is 12.5. The van der Waals surface area contributed by atoms with E-state index in [0.717, 1.165) is 41.8 Å². The summed E-state index contributed by atoms with van der Waals surface area (Å²) in [7, 11) is 0. The number of aryl methyl sites for hydroxylation is 1.